The molecular weight excluding hydrogens is 210 g/mol. The minimum atomic E-state index is -3.64. The third-order valence-electron chi connectivity index (χ3n) is 1.95. The Morgan fingerprint density at radius 1 is 1.46 bits per heavy atom. The summed E-state index contributed by atoms with van der Waals surface area (Å²) in [5, 5.41) is 5.28. The van der Waals surface area contributed by atoms with Gasteiger partial charge in [0.1, 0.15) is 0 Å². The van der Waals surface area contributed by atoms with Gasteiger partial charge in [-0.25, -0.2) is 0 Å². The van der Waals surface area contributed by atoms with Crippen LogP contribution in [0.4, 0.5) is 0 Å². The zero-order valence-electron chi connectivity index (χ0n) is 7.22. The average Bonchev–Trinajstić information content (AvgIpc) is 2.04. The molecule has 0 aromatic heterocycles. The van der Waals surface area contributed by atoms with Crippen LogP contribution in [0, 0.1) is 11.2 Å². The van der Waals surface area contributed by atoms with Crippen LogP contribution in [0.15, 0.2) is 0 Å². The molecule has 1 aliphatic heterocycles. The summed E-state index contributed by atoms with van der Waals surface area (Å²) in [4.78, 5) is 0. The van der Waals surface area contributed by atoms with Crippen molar-refractivity contribution in [2.75, 3.05) is 6.54 Å². The van der Waals surface area contributed by atoms with Crippen molar-refractivity contribution in [2.45, 2.75) is 31.7 Å². The van der Waals surface area contributed by atoms with E-state index in [9.17, 15) is 8.42 Å². The number of nitrogens with one attached hydrogen (secondary N) is 1. The molecule has 13 heavy (non-hydrogen) atoms. The monoisotopic (exact) mass is 221 g/mol. The van der Waals surface area contributed by atoms with Crippen molar-refractivity contribution in [2.24, 2.45) is 0 Å². The lowest BCUT2D eigenvalue weighted by Crippen LogP contribution is -2.33. The van der Waals surface area contributed by atoms with Crippen molar-refractivity contribution in [3.63, 3.8) is 0 Å². The van der Waals surface area contributed by atoms with Gasteiger partial charge in [0.05, 0.1) is 0 Å². The second-order valence-corrected chi connectivity index (χ2v) is 5.37. The topological polar surface area (TPSA) is 46.2 Å². The first kappa shape index (κ1) is 10.8. The molecule has 0 aromatic carbocycles. The Morgan fingerprint density at radius 2 is 2.23 bits per heavy atom. The molecule has 0 bridgehead atoms. The van der Waals surface area contributed by atoms with Gasteiger partial charge in [-0.05, 0) is 19.4 Å². The zero-order valence-corrected chi connectivity index (χ0v) is 8.79. The molecule has 1 saturated heterocycles. The van der Waals surface area contributed by atoms with Crippen LogP contribution in [0.5, 0.6) is 0 Å². The Balaban J connectivity index is 2.35. The van der Waals surface area contributed by atoms with E-state index in [1.54, 1.807) is 0 Å². The Morgan fingerprint density at radius 3 is 2.77 bits per heavy atom. The normalized spacial score (nSPS) is 23.3. The Hall–Kier alpha value is -0.240. The standard InChI is InChI=1S/C8H12ClNO2S/c9-13(11,12)7-3-5-8-4-1-2-6-10-8/h8,10H,1-2,4-6H2. The third-order valence-corrected chi connectivity index (χ3v) is 2.57. The van der Waals surface area contributed by atoms with Crippen molar-refractivity contribution in [3.8, 4) is 11.2 Å². The van der Waals surface area contributed by atoms with E-state index < -0.39 is 9.05 Å². The minimum absolute atomic E-state index is 0.333. The molecule has 3 nitrogen and oxygen atoms in total. The van der Waals surface area contributed by atoms with E-state index in [2.05, 4.69) is 11.2 Å². The van der Waals surface area contributed by atoms with Crippen molar-refractivity contribution in [1.82, 2.24) is 5.32 Å². The molecule has 0 aliphatic carbocycles. The maximum Gasteiger partial charge on any atom is 0.300 e. The van der Waals surface area contributed by atoms with E-state index in [-0.39, 0.29) is 0 Å². The second kappa shape index (κ2) is 4.85. The van der Waals surface area contributed by atoms with Crippen LogP contribution in [0.3, 0.4) is 0 Å². The van der Waals surface area contributed by atoms with E-state index in [1.807, 2.05) is 5.25 Å². The fraction of sp³-hybridized carbons (Fsp3) is 0.750. The van der Waals surface area contributed by atoms with E-state index in [4.69, 9.17) is 10.7 Å². The van der Waals surface area contributed by atoms with Gasteiger partial charge >= 0.3 is 9.05 Å². The van der Waals surface area contributed by atoms with Gasteiger partial charge < -0.3 is 5.32 Å². The van der Waals surface area contributed by atoms with Crippen LogP contribution >= 0.6 is 10.7 Å². The largest absolute Gasteiger partial charge is 0.313 e. The molecule has 0 radical (unpaired) electrons. The summed E-state index contributed by atoms with van der Waals surface area (Å²) < 4.78 is 20.9. The first-order valence-corrected chi connectivity index (χ1v) is 6.56. The lowest BCUT2D eigenvalue weighted by molar-refractivity contribution is 0.407. The van der Waals surface area contributed by atoms with Crippen molar-refractivity contribution in [3.05, 3.63) is 0 Å². The molecular formula is C8H12ClNO2S. The molecule has 74 valence electrons. The first-order valence-electron chi connectivity index (χ1n) is 4.25. The average molecular weight is 222 g/mol. The molecule has 1 N–H and O–H groups in total. The first-order chi connectivity index (χ1) is 6.08. The van der Waals surface area contributed by atoms with Gasteiger partial charge in [-0.2, -0.15) is 8.42 Å². The number of rotatable bonds is 1. The van der Waals surface area contributed by atoms with Crippen LogP contribution in [0.1, 0.15) is 25.7 Å². The van der Waals surface area contributed by atoms with Gasteiger partial charge in [-0.3, -0.25) is 0 Å². The summed E-state index contributed by atoms with van der Waals surface area (Å²) in [5.41, 5.74) is 0. The summed E-state index contributed by atoms with van der Waals surface area (Å²) in [6.45, 7) is 1.000. The molecule has 1 unspecified atom stereocenters. The Bertz CT molecular complexity index is 309. The highest BCUT2D eigenvalue weighted by Gasteiger charge is 2.10. The van der Waals surface area contributed by atoms with Gasteiger partial charge in [-0.1, -0.05) is 12.3 Å². The summed E-state index contributed by atoms with van der Waals surface area (Å²) in [6, 6.07) is 0.333. The predicted molar refractivity (Wildman–Crippen MR) is 52.8 cm³/mol. The molecule has 0 aromatic rings. The van der Waals surface area contributed by atoms with Crippen molar-refractivity contribution < 1.29 is 8.42 Å². The summed E-state index contributed by atoms with van der Waals surface area (Å²) >= 11 is 0. The van der Waals surface area contributed by atoms with E-state index >= 15 is 0 Å². The quantitative estimate of drug-likeness (QED) is 0.532. The Kier molecular flexibility index (Phi) is 4.04. The molecule has 1 fully saturated rings. The van der Waals surface area contributed by atoms with Gasteiger partial charge in [0.15, 0.2) is 0 Å². The van der Waals surface area contributed by atoms with Gasteiger partial charge in [-0.15, -0.1) is 0 Å². The van der Waals surface area contributed by atoms with Gasteiger partial charge in [0.2, 0.25) is 0 Å². The maximum atomic E-state index is 10.4. The highest BCUT2D eigenvalue weighted by molar-refractivity contribution is 8.17. The third kappa shape index (κ3) is 5.14. The molecule has 0 saturated carbocycles. The van der Waals surface area contributed by atoms with Crippen LogP contribution in [-0.2, 0) is 9.05 Å². The summed E-state index contributed by atoms with van der Waals surface area (Å²) in [5.74, 6) is 2.56. The SMILES string of the molecule is O=S(=O)(Cl)C#CCC1CCCCN1. The number of hydrogen-bond donors (Lipinski definition) is 1. The molecule has 1 aliphatic rings. The van der Waals surface area contributed by atoms with Crippen LogP contribution < -0.4 is 5.32 Å². The second-order valence-electron chi connectivity index (χ2n) is 3.07. The number of hydrogen-bond acceptors (Lipinski definition) is 3. The molecule has 0 amide bonds. The maximum absolute atomic E-state index is 10.4. The predicted octanol–water partition coefficient (Wildman–Crippen LogP) is 1.05. The zero-order chi connectivity index (χ0) is 9.73. The van der Waals surface area contributed by atoms with E-state index in [1.165, 1.54) is 12.8 Å². The smallest absolute Gasteiger partial charge is 0.300 e. The fourth-order valence-corrected chi connectivity index (χ4v) is 1.77. The summed E-state index contributed by atoms with van der Waals surface area (Å²) in [6.07, 6.45) is 4.01. The molecule has 1 atom stereocenters. The number of piperidine rings is 1. The summed E-state index contributed by atoms with van der Waals surface area (Å²) in [7, 11) is 1.29. The molecule has 1 rings (SSSR count). The molecule has 0 spiro atoms. The highest BCUT2D eigenvalue weighted by atomic mass is 35.7. The lowest BCUT2D eigenvalue weighted by Gasteiger charge is -2.20. The van der Waals surface area contributed by atoms with Gasteiger partial charge in [0.25, 0.3) is 0 Å². The van der Waals surface area contributed by atoms with Crippen molar-refractivity contribution in [1.29, 1.82) is 0 Å². The van der Waals surface area contributed by atoms with Gasteiger partial charge in [0, 0.05) is 28.4 Å². The van der Waals surface area contributed by atoms with Crippen LogP contribution in [0.25, 0.3) is 0 Å². The number of halogens is 1. The molecule has 5 heteroatoms. The van der Waals surface area contributed by atoms with E-state index in [0.717, 1.165) is 13.0 Å². The lowest BCUT2D eigenvalue weighted by atomic mass is 10.0. The Labute approximate surface area is 83.3 Å². The molecule has 1 heterocycles. The van der Waals surface area contributed by atoms with Crippen LogP contribution in [-0.4, -0.2) is 21.0 Å². The highest BCUT2D eigenvalue weighted by Crippen LogP contribution is 2.09. The van der Waals surface area contributed by atoms with Crippen LogP contribution in [0.2, 0.25) is 0 Å². The van der Waals surface area contributed by atoms with E-state index in [0.29, 0.717) is 12.5 Å². The minimum Gasteiger partial charge on any atom is -0.313 e. The fourth-order valence-electron chi connectivity index (χ4n) is 1.35. The van der Waals surface area contributed by atoms with Crippen molar-refractivity contribution >= 4 is 19.7 Å².